The van der Waals surface area contributed by atoms with E-state index in [0.29, 0.717) is 17.0 Å². The van der Waals surface area contributed by atoms with Crippen LogP contribution in [0.5, 0.6) is 5.75 Å². The Hall–Kier alpha value is -2.67. The van der Waals surface area contributed by atoms with Gasteiger partial charge in [0.1, 0.15) is 5.75 Å². The molecule has 0 aliphatic heterocycles. The second-order valence-corrected chi connectivity index (χ2v) is 5.43. The summed E-state index contributed by atoms with van der Waals surface area (Å²) < 4.78 is 6.03. The molecular formula is C16H13BrN2O4. The van der Waals surface area contributed by atoms with E-state index in [1.165, 1.54) is 25.3 Å². The third-order valence-electron chi connectivity index (χ3n) is 2.95. The van der Waals surface area contributed by atoms with Crippen molar-refractivity contribution < 1.29 is 14.5 Å². The number of methoxy groups -OCH3 is 1. The van der Waals surface area contributed by atoms with Crippen molar-refractivity contribution in [1.82, 2.24) is 0 Å². The highest BCUT2D eigenvalue weighted by Gasteiger charge is 2.06. The number of amides is 1. The summed E-state index contributed by atoms with van der Waals surface area (Å²) in [6.07, 6.45) is 2.92. The van der Waals surface area contributed by atoms with E-state index in [1.807, 2.05) is 0 Å². The standard InChI is InChI=1S/C16H13BrN2O4/c1-23-15-10-12(17)5-8-14(15)18-16(20)9-4-11-2-6-13(7-3-11)19(21)22/h2-10H,1H3,(H,18,20)/b9-4+. The van der Waals surface area contributed by atoms with Gasteiger partial charge in [-0.1, -0.05) is 15.9 Å². The Morgan fingerprint density at radius 2 is 1.96 bits per heavy atom. The summed E-state index contributed by atoms with van der Waals surface area (Å²) in [5.41, 5.74) is 1.24. The number of nitro benzene ring substituents is 1. The smallest absolute Gasteiger partial charge is 0.269 e. The molecule has 0 aliphatic rings. The molecular weight excluding hydrogens is 364 g/mol. The van der Waals surface area contributed by atoms with E-state index in [0.717, 1.165) is 4.47 Å². The lowest BCUT2D eigenvalue weighted by atomic mass is 10.2. The molecule has 118 valence electrons. The number of nitro groups is 1. The first-order valence-corrected chi connectivity index (χ1v) is 7.36. The molecule has 0 heterocycles. The minimum Gasteiger partial charge on any atom is -0.495 e. The Balaban J connectivity index is 2.05. The van der Waals surface area contributed by atoms with E-state index in [1.54, 1.807) is 36.4 Å². The molecule has 1 N–H and O–H groups in total. The number of anilines is 1. The van der Waals surface area contributed by atoms with Crippen molar-refractivity contribution in [2.45, 2.75) is 0 Å². The van der Waals surface area contributed by atoms with Gasteiger partial charge in [-0.2, -0.15) is 0 Å². The van der Waals surface area contributed by atoms with Crippen molar-refractivity contribution in [3.8, 4) is 5.75 Å². The topological polar surface area (TPSA) is 81.5 Å². The van der Waals surface area contributed by atoms with Gasteiger partial charge in [0.15, 0.2) is 0 Å². The zero-order chi connectivity index (χ0) is 16.8. The van der Waals surface area contributed by atoms with Crippen LogP contribution in [0.1, 0.15) is 5.56 Å². The lowest BCUT2D eigenvalue weighted by Crippen LogP contribution is -2.08. The average Bonchev–Trinajstić information content (AvgIpc) is 2.55. The Bertz CT molecular complexity index is 757. The number of carbonyl (C=O) groups is 1. The number of halogens is 1. The second kappa shape index (κ2) is 7.55. The Morgan fingerprint density at radius 1 is 1.26 bits per heavy atom. The quantitative estimate of drug-likeness (QED) is 0.485. The van der Waals surface area contributed by atoms with Gasteiger partial charge in [0.2, 0.25) is 5.91 Å². The molecule has 0 bridgehead atoms. The maximum absolute atomic E-state index is 11.9. The largest absolute Gasteiger partial charge is 0.495 e. The lowest BCUT2D eigenvalue weighted by Gasteiger charge is -2.08. The first-order chi connectivity index (χ1) is 11.0. The van der Waals surface area contributed by atoms with Crippen LogP contribution in [0.15, 0.2) is 53.0 Å². The summed E-state index contributed by atoms with van der Waals surface area (Å²) in [6, 6.07) is 11.2. The van der Waals surface area contributed by atoms with Crippen LogP contribution in [-0.4, -0.2) is 17.9 Å². The molecule has 0 fully saturated rings. The van der Waals surface area contributed by atoms with Gasteiger partial charge >= 0.3 is 0 Å². The number of benzene rings is 2. The summed E-state index contributed by atoms with van der Waals surface area (Å²) in [4.78, 5) is 22.0. The van der Waals surface area contributed by atoms with Gasteiger partial charge in [-0.3, -0.25) is 14.9 Å². The minimum absolute atomic E-state index is 0.00574. The van der Waals surface area contributed by atoms with Crippen LogP contribution in [0.4, 0.5) is 11.4 Å². The van der Waals surface area contributed by atoms with Crippen LogP contribution in [-0.2, 0) is 4.79 Å². The van der Waals surface area contributed by atoms with Crippen LogP contribution in [0.25, 0.3) is 6.08 Å². The van der Waals surface area contributed by atoms with Gasteiger partial charge in [0, 0.05) is 22.7 Å². The van der Waals surface area contributed by atoms with Gasteiger partial charge in [0.25, 0.3) is 5.69 Å². The first kappa shape index (κ1) is 16.7. The first-order valence-electron chi connectivity index (χ1n) is 6.56. The molecule has 0 aliphatic carbocycles. The third kappa shape index (κ3) is 4.65. The molecule has 2 aromatic rings. The van der Waals surface area contributed by atoms with Gasteiger partial charge in [-0.05, 0) is 42.0 Å². The Morgan fingerprint density at radius 3 is 2.57 bits per heavy atom. The van der Waals surface area contributed by atoms with Crippen LogP contribution >= 0.6 is 15.9 Å². The summed E-state index contributed by atoms with van der Waals surface area (Å²) in [6.45, 7) is 0. The SMILES string of the molecule is COc1cc(Br)ccc1NC(=O)/C=C/c1ccc([N+](=O)[O-])cc1. The highest BCUT2D eigenvalue weighted by atomic mass is 79.9. The average molecular weight is 377 g/mol. The van der Waals surface area contributed by atoms with Gasteiger partial charge in [-0.15, -0.1) is 0 Å². The summed E-state index contributed by atoms with van der Waals surface area (Å²) in [7, 11) is 1.52. The highest BCUT2D eigenvalue weighted by Crippen LogP contribution is 2.28. The summed E-state index contributed by atoms with van der Waals surface area (Å²) in [5, 5.41) is 13.3. The van der Waals surface area contributed by atoms with Crippen LogP contribution < -0.4 is 10.1 Å². The van der Waals surface area contributed by atoms with Gasteiger partial charge < -0.3 is 10.1 Å². The normalized spacial score (nSPS) is 10.5. The van der Waals surface area contributed by atoms with Crippen LogP contribution in [0.3, 0.4) is 0 Å². The van der Waals surface area contributed by atoms with Gasteiger partial charge in [0.05, 0.1) is 17.7 Å². The fourth-order valence-electron chi connectivity index (χ4n) is 1.82. The molecule has 1 amide bonds. The zero-order valence-electron chi connectivity index (χ0n) is 12.2. The minimum atomic E-state index is -0.472. The number of nitrogens with one attached hydrogen (secondary N) is 1. The number of carbonyl (C=O) groups excluding carboxylic acids is 1. The van der Waals surface area contributed by atoms with Crippen molar-refractivity contribution in [1.29, 1.82) is 0 Å². The third-order valence-corrected chi connectivity index (χ3v) is 3.45. The van der Waals surface area contributed by atoms with E-state index in [-0.39, 0.29) is 11.6 Å². The zero-order valence-corrected chi connectivity index (χ0v) is 13.7. The fraction of sp³-hybridized carbons (Fsp3) is 0.0625. The highest BCUT2D eigenvalue weighted by molar-refractivity contribution is 9.10. The molecule has 7 heteroatoms. The van der Waals surface area contributed by atoms with Crippen molar-refractivity contribution in [2.75, 3.05) is 12.4 Å². The Kier molecular flexibility index (Phi) is 5.48. The summed E-state index contributed by atoms with van der Waals surface area (Å²) in [5.74, 6) is 0.209. The predicted octanol–water partition coefficient (Wildman–Crippen LogP) is 4.02. The number of hydrogen-bond acceptors (Lipinski definition) is 4. The number of nitrogens with zero attached hydrogens (tertiary/aromatic N) is 1. The molecule has 0 radical (unpaired) electrons. The number of hydrogen-bond donors (Lipinski definition) is 1. The van der Waals surface area contributed by atoms with E-state index in [4.69, 9.17) is 4.74 Å². The second-order valence-electron chi connectivity index (χ2n) is 4.52. The van der Waals surface area contributed by atoms with Crippen molar-refractivity contribution in [3.05, 3.63) is 68.7 Å². The molecule has 2 rings (SSSR count). The van der Waals surface area contributed by atoms with Crippen molar-refractivity contribution >= 4 is 39.3 Å². The number of rotatable bonds is 5. The molecule has 2 aromatic carbocycles. The molecule has 0 saturated heterocycles. The molecule has 23 heavy (non-hydrogen) atoms. The monoisotopic (exact) mass is 376 g/mol. The van der Waals surface area contributed by atoms with Gasteiger partial charge in [-0.25, -0.2) is 0 Å². The van der Waals surface area contributed by atoms with Crippen LogP contribution in [0.2, 0.25) is 0 Å². The van der Waals surface area contributed by atoms with E-state index in [2.05, 4.69) is 21.2 Å². The predicted molar refractivity (Wildman–Crippen MR) is 91.5 cm³/mol. The van der Waals surface area contributed by atoms with Crippen molar-refractivity contribution in [3.63, 3.8) is 0 Å². The maximum Gasteiger partial charge on any atom is 0.269 e. The molecule has 0 aromatic heterocycles. The van der Waals surface area contributed by atoms with E-state index in [9.17, 15) is 14.9 Å². The fourth-order valence-corrected chi connectivity index (χ4v) is 2.16. The lowest BCUT2D eigenvalue weighted by molar-refractivity contribution is -0.384. The van der Waals surface area contributed by atoms with E-state index < -0.39 is 4.92 Å². The number of non-ortho nitro benzene ring substituents is 1. The van der Waals surface area contributed by atoms with Crippen molar-refractivity contribution in [2.24, 2.45) is 0 Å². The molecule has 0 atom stereocenters. The molecule has 0 spiro atoms. The van der Waals surface area contributed by atoms with E-state index >= 15 is 0 Å². The molecule has 0 unspecified atom stereocenters. The summed E-state index contributed by atoms with van der Waals surface area (Å²) >= 11 is 3.33. The maximum atomic E-state index is 11.9. The number of ether oxygens (including phenoxy) is 1. The van der Waals surface area contributed by atoms with Crippen LogP contribution in [0, 0.1) is 10.1 Å². The molecule has 6 nitrogen and oxygen atoms in total. The Labute approximate surface area is 141 Å². The molecule has 0 saturated carbocycles.